The number of nitrogens with two attached hydrogens (primary N) is 1. The molecule has 6 heteroatoms. The highest BCUT2D eigenvalue weighted by Gasteiger charge is 2.18. The predicted octanol–water partition coefficient (Wildman–Crippen LogP) is 2.02. The molecule has 0 saturated carbocycles. The lowest BCUT2D eigenvalue weighted by atomic mass is 10.1. The van der Waals surface area contributed by atoms with Crippen LogP contribution in [-0.4, -0.2) is 22.7 Å². The van der Waals surface area contributed by atoms with Crippen molar-refractivity contribution in [3.05, 3.63) is 35.5 Å². The van der Waals surface area contributed by atoms with Crippen LogP contribution in [0.2, 0.25) is 0 Å². The molecular weight excluding hydrogens is 268 g/mol. The zero-order valence-corrected chi connectivity index (χ0v) is 12.4. The average molecular weight is 288 g/mol. The highest BCUT2D eigenvalue weighted by molar-refractivity contribution is 6.00. The Morgan fingerprint density at radius 3 is 2.90 bits per heavy atom. The van der Waals surface area contributed by atoms with Gasteiger partial charge < -0.3 is 4.74 Å². The second kappa shape index (κ2) is 6.41. The number of amides is 1. The third kappa shape index (κ3) is 3.41. The Morgan fingerprint density at radius 1 is 1.48 bits per heavy atom. The lowest BCUT2D eigenvalue weighted by molar-refractivity contribution is 0.0953. The third-order valence-corrected chi connectivity index (χ3v) is 3.00. The number of aryl methyl sites for hydroxylation is 1. The summed E-state index contributed by atoms with van der Waals surface area (Å²) in [6, 6.07) is 7.50. The molecule has 2 rings (SSSR count). The molecule has 0 aliphatic rings. The van der Waals surface area contributed by atoms with E-state index in [-0.39, 0.29) is 5.91 Å². The number of carbonyl (C=O) groups excluding carboxylic acids is 1. The monoisotopic (exact) mass is 288 g/mol. The van der Waals surface area contributed by atoms with Gasteiger partial charge in [0.1, 0.15) is 11.4 Å². The molecule has 0 atom stereocenters. The molecule has 0 spiro atoms. The number of nitrogens with zero attached hydrogens (tertiary/aromatic N) is 1. The molecule has 1 aromatic heterocycles. The molecule has 4 N–H and O–H groups in total. The first kappa shape index (κ1) is 15.1. The quantitative estimate of drug-likeness (QED) is 0.446. The van der Waals surface area contributed by atoms with Gasteiger partial charge in [0.25, 0.3) is 5.91 Å². The number of hydrogen-bond donors (Lipinski definition) is 3. The van der Waals surface area contributed by atoms with Gasteiger partial charge >= 0.3 is 0 Å². The summed E-state index contributed by atoms with van der Waals surface area (Å²) in [4.78, 5) is 11.9. The lowest BCUT2D eigenvalue weighted by Gasteiger charge is -2.10. The van der Waals surface area contributed by atoms with Crippen LogP contribution >= 0.6 is 0 Å². The van der Waals surface area contributed by atoms with Gasteiger partial charge in [-0.3, -0.25) is 15.3 Å². The molecule has 0 radical (unpaired) electrons. The van der Waals surface area contributed by atoms with Crippen LogP contribution in [0, 0.1) is 12.8 Å². The molecule has 1 amide bonds. The van der Waals surface area contributed by atoms with Gasteiger partial charge in [0.2, 0.25) is 0 Å². The first-order valence-corrected chi connectivity index (χ1v) is 6.82. The molecule has 1 heterocycles. The van der Waals surface area contributed by atoms with Gasteiger partial charge in [0.05, 0.1) is 12.2 Å². The summed E-state index contributed by atoms with van der Waals surface area (Å²) >= 11 is 0. The lowest BCUT2D eigenvalue weighted by Crippen LogP contribution is -2.30. The van der Waals surface area contributed by atoms with E-state index in [2.05, 4.69) is 29.5 Å². The van der Waals surface area contributed by atoms with Crippen molar-refractivity contribution < 1.29 is 9.53 Å². The van der Waals surface area contributed by atoms with E-state index in [0.29, 0.717) is 29.5 Å². The normalized spacial score (nSPS) is 10.7. The fourth-order valence-corrected chi connectivity index (χ4v) is 1.98. The van der Waals surface area contributed by atoms with Crippen LogP contribution in [0.1, 0.15) is 29.9 Å². The van der Waals surface area contributed by atoms with Crippen molar-refractivity contribution in [2.24, 2.45) is 11.8 Å². The fraction of sp³-hybridized carbons (Fsp3) is 0.333. The number of H-pyrrole nitrogens is 1. The van der Waals surface area contributed by atoms with Crippen LogP contribution in [0.15, 0.2) is 24.3 Å². The maximum absolute atomic E-state index is 11.9. The van der Waals surface area contributed by atoms with Crippen molar-refractivity contribution in [2.75, 3.05) is 6.61 Å². The summed E-state index contributed by atoms with van der Waals surface area (Å²) in [5.74, 6) is 6.05. The molecule has 2 aromatic rings. The summed E-state index contributed by atoms with van der Waals surface area (Å²) in [6.07, 6.45) is 0. The molecule has 21 heavy (non-hydrogen) atoms. The van der Waals surface area contributed by atoms with Gasteiger partial charge in [-0.1, -0.05) is 26.0 Å². The summed E-state index contributed by atoms with van der Waals surface area (Å²) in [6.45, 7) is 6.59. The summed E-state index contributed by atoms with van der Waals surface area (Å²) in [5.41, 5.74) is 4.62. The number of aromatic amines is 1. The Hall–Kier alpha value is -2.34. The van der Waals surface area contributed by atoms with E-state index in [1.54, 1.807) is 6.92 Å². The second-order valence-electron chi connectivity index (χ2n) is 5.28. The van der Waals surface area contributed by atoms with Gasteiger partial charge in [-0.05, 0) is 25.0 Å². The summed E-state index contributed by atoms with van der Waals surface area (Å²) in [7, 11) is 0. The molecule has 1 aromatic carbocycles. The largest absolute Gasteiger partial charge is 0.493 e. The summed E-state index contributed by atoms with van der Waals surface area (Å²) in [5, 5.41) is 7.01. The Morgan fingerprint density at radius 2 is 2.24 bits per heavy atom. The maximum atomic E-state index is 11.9. The topological polar surface area (TPSA) is 93.0 Å². The van der Waals surface area contributed by atoms with Crippen LogP contribution < -0.4 is 16.0 Å². The first-order valence-electron chi connectivity index (χ1n) is 6.82. The number of nitrogen functional groups attached to an aromatic ring is 1. The van der Waals surface area contributed by atoms with E-state index in [4.69, 9.17) is 10.6 Å². The second-order valence-corrected chi connectivity index (χ2v) is 5.28. The number of benzene rings is 1. The number of nitrogens with one attached hydrogen (secondary N) is 2. The molecule has 0 bridgehead atoms. The standard InChI is InChI=1S/C15H20N4O2/c1-9(2)8-21-12-6-4-5-11(7-12)14-13(15(20)17-16)10(3)18-19-14/h4-7,9H,8,16H2,1-3H3,(H,17,20)(H,18,19). The van der Waals surface area contributed by atoms with E-state index in [0.717, 1.165) is 11.3 Å². The predicted molar refractivity (Wildman–Crippen MR) is 80.7 cm³/mol. The van der Waals surface area contributed by atoms with Crippen LogP contribution in [0.4, 0.5) is 0 Å². The van der Waals surface area contributed by atoms with Crippen LogP contribution in [0.5, 0.6) is 5.75 Å². The highest BCUT2D eigenvalue weighted by atomic mass is 16.5. The number of rotatable bonds is 5. The van der Waals surface area contributed by atoms with Crippen molar-refractivity contribution in [2.45, 2.75) is 20.8 Å². The van der Waals surface area contributed by atoms with Gasteiger partial charge in [-0.25, -0.2) is 5.84 Å². The Balaban J connectivity index is 2.34. The van der Waals surface area contributed by atoms with E-state index in [1.807, 2.05) is 24.3 Å². The number of hydrazine groups is 1. The average Bonchev–Trinajstić information content (AvgIpc) is 2.86. The molecule has 112 valence electrons. The Labute approximate surface area is 123 Å². The van der Waals surface area contributed by atoms with Crippen molar-refractivity contribution >= 4 is 5.91 Å². The van der Waals surface area contributed by atoms with Crippen LogP contribution in [-0.2, 0) is 0 Å². The molecule has 0 fully saturated rings. The Kier molecular flexibility index (Phi) is 4.59. The van der Waals surface area contributed by atoms with Gasteiger partial charge in [-0.2, -0.15) is 5.10 Å². The number of carbonyl (C=O) groups is 1. The molecule has 0 saturated heterocycles. The Bertz CT molecular complexity index is 634. The van der Waals surface area contributed by atoms with Crippen molar-refractivity contribution in [1.82, 2.24) is 15.6 Å². The fourth-order valence-electron chi connectivity index (χ4n) is 1.98. The van der Waals surface area contributed by atoms with Crippen molar-refractivity contribution in [3.63, 3.8) is 0 Å². The smallest absolute Gasteiger partial charge is 0.269 e. The third-order valence-electron chi connectivity index (χ3n) is 3.00. The number of hydrogen-bond acceptors (Lipinski definition) is 4. The number of ether oxygens (including phenoxy) is 1. The molecule has 0 aliphatic heterocycles. The molecule has 6 nitrogen and oxygen atoms in total. The van der Waals surface area contributed by atoms with Crippen molar-refractivity contribution in [3.8, 4) is 17.0 Å². The van der Waals surface area contributed by atoms with E-state index in [1.165, 1.54) is 0 Å². The van der Waals surface area contributed by atoms with E-state index < -0.39 is 0 Å². The van der Waals surface area contributed by atoms with Gasteiger partial charge in [0.15, 0.2) is 0 Å². The van der Waals surface area contributed by atoms with Gasteiger partial charge in [-0.15, -0.1) is 0 Å². The highest BCUT2D eigenvalue weighted by Crippen LogP contribution is 2.27. The molecule has 0 unspecified atom stereocenters. The minimum absolute atomic E-state index is 0.371. The first-order chi connectivity index (χ1) is 10.0. The SMILES string of the molecule is Cc1[nH]nc(-c2cccc(OCC(C)C)c2)c1C(=O)NN. The molecule has 0 aliphatic carbocycles. The van der Waals surface area contributed by atoms with E-state index >= 15 is 0 Å². The summed E-state index contributed by atoms with van der Waals surface area (Å²) < 4.78 is 5.70. The van der Waals surface area contributed by atoms with Crippen LogP contribution in [0.3, 0.4) is 0 Å². The minimum Gasteiger partial charge on any atom is -0.493 e. The number of aromatic nitrogens is 2. The van der Waals surface area contributed by atoms with Gasteiger partial charge in [0, 0.05) is 11.3 Å². The minimum atomic E-state index is -0.371. The maximum Gasteiger partial charge on any atom is 0.269 e. The van der Waals surface area contributed by atoms with Crippen LogP contribution in [0.25, 0.3) is 11.3 Å². The zero-order valence-electron chi connectivity index (χ0n) is 12.4. The zero-order chi connectivity index (χ0) is 15.4. The van der Waals surface area contributed by atoms with Crippen molar-refractivity contribution in [1.29, 1.82) is 0 Å². The molecular formula is C15H20N4O2. The van der Waals surface area contributed by atoms with E-state index in [9.17, 15) is 4.79 Å².